The van der Waals surface area contributed by atoms with Crippen molar-refractivity contribution in [2.45, 2.75) is 45.6 Å². The smallest absolute Gasteiger partial charge is 0.234 e. The van der Waals surface area contributed by atoms with Gasteiger partial charge in [0.15, 0.2) is 0 Å². The molecule has 1 unspecified atom stereocenters. The van der Waals surface area contributed by atoms with Gasteiger partial charge in [-0.05, 0) is 24.7 Å². The first-order chi connectivity index (χ1) is 7.53. The maximum Gasteiger partial charge on any atom is 0.234 e. The van der Waals surface area contributed by atoms with E-state index in [9.17, 15) is 4.79 Å². The van der Waals surface area contributed by atoms with E-state index in [1.54, 1.807) is 0 Å². The van der Waals surface area contributed by atoms with Gasteiger partial charge in [-0.3, -0.25) is 10.1 Å². The zero-order valence-electron chi connectivity index (χ0n) is 10.3. The fraction of sp³-hybridized carbons (Fsp3) is 0.769. The molecule has 0 bridgehead atoms. The maximum absolute atomic E-state index is 11.6. The largest absolute Gasteiger partial charge is 0.352 e. The average molecular weight is 222 g/mol. The molecule has 0 aromatic rings. The minimum atomic E-state index is 0.0537. The van der Waals surface area contributed by atoms with Crippen molar-refractivity contribution in [2.75, 3.05) is 13.1 Å². The summed E-state index contributed by atoms with van der Waals surface area (Å²) in [6.45, 7) is 5.30. The minimum Gasteiger partial charge on any atom is -0.352 e. The lowest BCUT2D eigenvalue weighted by molar-refractivity contribution is -0.121. The highest BCUT2D eigenvalue weighted by Gasteiger charge is 2.28. The van der Waals surface area contributed by atoms with Gasteiger partial charge in [0, 0.05) is 6.04 Å². The highest BCUT2D eigenvalue weighted by atomic mass is 16.1. The molecule has 1 fully saturated rings. The molecule has 1 aliphatic carbocycles. The predicted octanol–water partition coefficient (Wildman–Crippen LogP) is 1.29. The van der Waals surface area contributed by atoms with E-state index in [0.29, 0.717) is 24.5 Å². The summed E-state index contributed by atoms with van der Waals surface area (Å²) in [5.74, 6) is 2.50. The molecule has 0 aromatic heterocycles. The molecule has 0 radical (unpaired) electrons. The van der Waals surface area contributed by atoms with Gasteiger partial charge in [0.2, 0.25) is 5.91 Å². The number of carbonyl (C=O) groups excluding carboxylic acids is 1. The minimum absolute atomic E-state index is 0.0537. The first-order valence-corrected chi connectivity index (χ1v) is 5.97. The van der Waals surface area contributed by atoms with Gasteiger partial charge in [-0.25, -0.2) is 0 Å². The van der Waals surface area contributed by atoms with Crippen molar-refractivity contribution in [3.8, 4) is 12.3 Å². The van der Waals surface area contributed by atoms with Crippen LogP contribution in [0.1, 0.15) is 39.5 Å². The van der Waals surface area contributed by atoms with Gasteiger partial charge in [-0.2, -0.15) is 0 Å². The molecule has 1 saturated carbocycles. The maximum atomic E-state index is 11.6. The number of carbonyl (C=O) groups is 1. The Bertz CT molecular complexity index is 278. The van der Waals surface area contributed by atoms with Crippen molar-refractivity contribution in [3.63, 3.8) is 0 Å². The van der Waals surface area contributed by atoms with Crippen molar-refractivity contribution in [3.05, 3.63) is 0 Å². The van der Waals surface area contributed by atoms with E-state index in [1.165, 1.54) is 12.8 Å². The quantitative estimate of drug-likeness (QED) is 0.556. The number of amides is 1. The van der Waals surface area contributed by atoms with Crippen LogP contribution >= 0.6 is 0 Å². The fourth-order valence-corrected chi connectivity index (χ4v) is 2.35. The summed E-state index contributed by atoms with van der Waals surface area (Å²) in [6, 6.07) is 0.337. The van der Waals surface area contributed by atoms with E-state index in [-0.39, 0.29) is 5.91 Å². The predicted molar refractivity (Wildman–Crippen MR) is 65.9 cm³/mol. The summed E-state index contributed by atoms with van der Waals surface area (Å²) in [5.41, 5.74) is 0.364. The molecule has 1 rings (SSSR count). The number of hydrogen-bond donors (Lipinski definition) is 2. The average Bonchev–Trinajstić information content (AvgIpc) is 2.16. The van der Waals surface area contributed by atoms with E-state index in [2.05, 4.69) is 30.4 Å². The Hall–Kier alpha value is -1.01. The highest BCUT2D eigenvalue weighted by molar-refractivity contribution is 5.78. The van der Waals surface area contributed by atoms with Crippen molar-refractivity contribution in [1.29, 1.82) is 0 Å². The molecule has 1 aliphatic rings. The van der Waals surface area contributed by atoms with Crippen molar-refractivity contribution < 1.29 is 4.79 Å². The standard InChI is InChI=1S/C13H22N2O/c1-4-8-14-10-12(16)15-11-6-5-7-13(2,3)9-11/h1,11,14H,5-10H2,2-3H3,(H,15,16). The zero-order valence-corrected chi connectivity index (χ0v) is 10.3. The number of terminal acetylenes is 1. The summed E-state index contributed by atoms with van der Waals surface area (Å²) in [6.07, 6.45) is 9.73. The van der Waals surface area contributed by atoms with Crippen LogP contribution < -0.4 is 10.6 Å². The molecule has 0 spiro atoms. The van der Waals surface area contributed by atoms with E-state index in [4.69, 9.17) is 6.42 Å². The molecule has 90 valence electrons. The molecule has 0 aromatic carbocycles. The lowest BCUT2D eigenvalue weighted by Gasteiger charge is -2.35. The van der Waals surface area contributed by atoms with Gasteiger partial charge in [0.05, 0.1) is 13.1 Å². The van der Waals surface area contributed by atoms with Crippen molar-refractivity contribution in [1.82, 2.24) is 10.6 Å². The molecule has 1 atom stereocenters. The molecular weight excluding hydrogens is 200 g/mol. The van der Waals surface area contributed by atoms with Gasteiger partial charge >= 0.3 is 0 Å². The molecule has 2 N–H and O–H groups in total. The van der Waals surface area contributed by atoms with Crippen LogP contribution in [0.15, 0.2) is 0 Å². The SMILES string of the molecule is C#CCNCC(=O)NC1CCCC(C)(C)C1. The Morgan fingerprint density at radius 3 is 2.94 bits per heavy atom. The van der Waals surface area contributed by atoms with Crippen molar-refractivity contribution in [2.24, 2.45) is 5.41 Å². The van der Waals surface area contributed by atoms with Gasteiger partial charge in [-0.1, -0.05) is 26.2 Å². The van der Waals surface area contributed by atoms with Crippen LogP contribution in [0.2, 0.25) is 0 Å². The summed E-state index contributed by atoms with van der Waals surface area (Å²) >= 11 is 0. The Morgan fingerprint density at radius 1 is 1.56 bits per heavy atom. The van der Waals surface area contributed by atoms with Gasteiger partial charge in [0.25, 0.3) is 0 Å². The van der Waals surface area contributed by atoms with E-state index in [0.717, 1.165) is 12.8 Å². The van der Waals surface area contributed by atoms with Crippen molar-refractivity contribution >= 4 is 5.91 Å². The summed E-state index contributed by atoms with van der Waals surface area (Å²) < 4.78 is 0. The molecular formula is C13H22N2O. The monoisotopic (exact) mass is 222 g/mol. The Morgan fingerprint density at radius 2 is 2.31 bits per heavy atom. The molecule has 1 amide bonds. The van der Waals surface area contributed by atoms with E-state index < -0.39 is 0 Å². The van der Waals surface area contributed by atoms with Crippen LogP contribution in [-0.4, -0.2) is 25.0 Å². The first kappa shape index (κ1) is 13.1. The molecule has 0 aliphatic heterocycles. The van der Waals surface area contributed by atoms with Crippen LogP contribution in [0.5, 0.6) is 0 Å². The van der Waals surface area contributed by atoms with Crippen LogP contribution in [0, 0.1) is 17.8 Å². The Balaban J connectivity index is 2.26. The normalized spacial score (nSPS) is 23.4. The van der Waals surface area contributed by atoms with Crippen LogP contribution in [0.4, 0.5) is 0 Å². The molecule has 16 heavy (non-hydrogen) atoms. The second kappa shape index (κ2) is 5.91. The molecule has 0 heterocycles. The van der Waals surface area contributed by atoms with E-state index in [1.807, 2.05) is 0 Å². The Labute approximate surface area is 98.4 Å². The number of nitrogens with one attached hydrogen (secondary N) is 2. The zero-order chi connectivity index (χ0) is 12.0. The third kappa shape index (κ3) is 4.67. The van der Waals surface area contributed by atoms with Crippen LogP contribution in [0.25, 0.3) is 0 Å². The summed E-state index contributed by atoms with van der Waals surface area (Å²) in [5, 5.41) is 5.96. The second-order valence-electron chi connectivity index (χ2n) is 5.33. The lowest BCUT2D eigenvalue weighted by Crippen LogP contribution is -2.44. The third-order valence-electron chi connectivity index (χ3n) is 3.08. The Kier molecular flexibility index (Phi) is 4.82. The molecule has 0 saturated heterocycles. The summed E-state index contributed by atoms with van der Waals surface area (Å²) in [7, 11) is 0. The highest BCUT2D eigenvalue weighted by Crippen LogP contribution is 2.34. The second-order valence-corrected chi connectivity index (χ2v) is 5.33. The van der Waals surface area contributed by atoms with Gasteiger partial charge in [-0.15, -0.1) is 6.42 Å². The van der Waals surface area contributed by atoms with E-state index >= 15 is 0 Å². The topological polar surface area (TPSA) is 41.1 Å². The van der Waals surface area contributed by atoms with Gasteiger partial charge < -0.3 is 5.32 Å². The first-order valence-electron chi connectivity index (χ1n) is 5.97. The lowest BCUT2D eigenvalue weighted by atomic mass is 9.75. The fourth-order valence-electron chi connectivity index (χ4n) is 2.35. The third-order valence-corrected chi connectivity index (χ3v) is 3.08. The van der Waals surface area contributed by atoms with Crippen LogP contribution in [-0.2, 0) is 4.79 Å². The van der Waals surface area contributed by atoms with Gasteiger partial charge in [0.1, 0.15) is 0 Å². The number of hydrogen-bond acceptors (Lipinski definition) is 2. The summed E-state index contributed by atoms with van der Waals surface area (Å²) in [4.78, 5) is 11.6. The molecule has 3 nitrogen and oxygen atoms in total. The molecule has 3 heteroatoms. The number of rotatable bonds is 4. The van der Waals surface area contributed by atoms with Crippen LogP contribution in [0.3, 0.4) is 0 Å².